The number of likely N-dealkylation sites (tertiary alicyclic amines) is 1. The predicted octanol–water partition coefficient (Wildman–Crippen LogP) is 2.98. The summed E-state index contributed by atoms with van der Waals surface area (Å²) in [6.07, 6.45) is 1.15. The summed E-state index contributed by atoms with van der Waals surface area (Å²) in [5.41, 5.74) is 6.71. The van der Waals surface area contributed by atoms with Gasteiger partial charge in [-0.15, -0.1) is 11.8 Å². The monoisotopic (exact) mass is 326 g/mol. The van der Waals surface area contributed by atoms with Gasteiger partial charge in [0.1, 0.15) is 0 Å². The maximum atomic E-state index is 11.2. The van der Waals surface area contributed by atoms with Crippen molar-refractivity contribution < 1.29 is 4.79 Å². The number of rotatable bonds is 5. The highest BCUT2D eigenvalue weighted by Gasteiger charge is 2.29. The zero-order valence-corrected chi connectivity index (χ0v) is 14.2. The van der Waals surface area contributed by atoms with Crippen LogP contribution in [0.15, 0.2) is 24.3 Å². The van der Waals surface area contributed by atoms with Crippen LogP contribution in [-0.4, -0.2) is 41.9 Å². The molecule has 0 saturated carbocycles. The van der Waals surface area contributed by atoms with Gasteiger partial charge in [-0.1, -0.05) is 23.7 Å². The Morgan fingerprint density at radius 3 is 2.76 bits per heavy atom. The normalized spacial score (nSPS) is 24.7. The van der Waals surface area contributed by atoms with E-state index in [-0.39, 0.29) is 11.2 Å². The third-order valence-corrected chi connectivity index (χ3v) is 5.80. The topological polar surface area (TPSA) is 46.3 Å². The number of amides is 1. The first-order chi connectivity index (χ1) is 9.97. The van der Waals surface area contributed by atoms with Gasteiger partial charge in [0.2, 0.25) is 5.91 Å². The van der Waals surface area contributed by atoms with Gasteiger partial charge < -0.3 is 10.6 Å². The predicted molar refractivity (Wildman–Crippen MR) is 90.9 cm³/mol. The minimum absolute atomic E-state index is 0.122. The molecule has 1 saturated heterocycles. The van der Waals surface area contributed by atoms with Gasteiger partial charge in [0.05, 0.1) is 5.25 Å². The van der Waals surface area contributed by atoms with Crippen molar-refractivity contribution in [2.75, 3.05) is 25.9 Å². The van der Waals surface area contributed by atoms with Crippen LogP contribution in [-0.2, 0) is 4.79 Å². The Bertz CT molecular complexity index is 480. The van der Waals surface area contributed by atoms with Crippen LogP contribution >= 0.6 is 23.4 Å². The third kappa shape index (κ3) is 4.63. The molecule has 0 spiro atoms. The molecule has 5 heteroatoms. The Labute approximate surface area is 136 Å². The lowest BCUT2D eigenvalue weighted by Crippen LogP contribution is -2.38. The molecule has 2 N–H and O–H groups in total. The standard InChI is InChI=1S/C16H23ClN2OS/c1-11(16(18)20)21-10-13-9-19(2)8-7-15(13)12-3-5-14(17)6-4-12/h3-6,11,13,15H,7-10H2,1-2H3,(H2,18,20). The lowest BCUT2D eigenvalue weighted by molar-refractivity contribution is -0.117. The van der Waals surface area contributed by atoms with Crippen LogP contribution in [0.5, 0.6) is 0 Å². The molecule has 1 aromatic carbocycles. The molecule has 0 radical (unpaired) electrons. The second kappa shape index (κ2) is 7.52. The summed E-state index contributed by atoms with van der Waals surface area (Å²) in [7, 11) is 2.16. The van der Waals surface area contributed by atoms with Crippen LogP contribution in [0.25, 0.3) is 0 Å². The molecule has 2 rings (SSSR count). The Morgan fingerprint density at radius 2 is 2.14 bits per heavy atom. The van der Waals surface area contributed by atoms with Gasteiger partial charge in [-0.2, -0.15) is 0 Å². The first-order valence-corrected chi connectivity index (χ1v) is 8.75. The molecule has 3 atom stereocenters. The highest BCUT2D eigenvalue weighted by atomic mass is 35.5. The number of hydrogen-bond acceptors (Lipinski definition) is 3. The Kier molecular flexibility index (Phi) is 5.97. The van der Waals surface area contributed by atoms with Crippen molar-refractivity contribution in [1.29, 1.82) is 0 Å². The molecule has 1 aliphatic rings. The second-order valence-electron chi connectivity index (χ2n) is 5.85. The van der Waals surface area contributed by atoms with Crippen molar-refractivity contribution in [3.05, 3.63) is 34.9 Å². The van der Waals surface area contributed by atoms with Crippen molar-refractivity contribution in [2.24, 2.45) is 11.7 Å². The molecule has 1 aromatic rings. The smallest absolute Gasteiger partial charge is 0.230 e. The van der Waals surface area contributed by atoms with E-state index in [1.54, 1.807) is 11.8 Å². The van der Waals surface area contributed by atoms with Gasteiger partial charge >= 0.3 is 0 Å². The first kappa shape index (κ1) is 16.7. The zero-order valence-electron chi connectivity index (χ0n) is 12.6. The Balaban J connectivity index is 2.06. The lowest BCUT2D eigenvalue weighted by atomic mass is 9.81. The molecule has 3 unspecified atom stereocenters. The van der Waals surface area contributed by atoms with Crippen molar-refractivity contribution in [3.8, 4) is 0 Å². The summed E-state index contributed by atoms with van der Waals surface area (Å²) in [6.45, 7) is 4.06. The number of nitrogens with zero attached hydrogens (tertiary/aromatic N) is 1. The quantitative estimate of drug-likeness (QED) is 0.904. The average molecular weight is 327 g/mol. The summed E-state index contributed by atoms with van der Waals surface area (Å²) in [5.74, 6) is 1.80. The number of thioether (sulfide) groups is 1. The molecule has 3 nitrogen and oxygen atoms in total. The fourth-order valence-electron chi connectivity index (χ4n) is 2.88. The summed E-state index contributed by atoms with van der Waals surface area (Å²) >= 11 is 7.65. The molecule has 1 amide bonds. The van der Waals surface area contributed by atoms with Gasteiger partial charge in [-0.3, -0.25) is 4.79 Å². The Morgan fingerprint density at radius 1 is 1.48 bits per heavy atom. The number of nitrogens with two attached hydrogens (primary N) is 1. The molecule has 116 valence electrons. The minimum Gasteiger partial charge on any atom is -0.369 e. The zero-order chi connectivity index (χ0) is 15.4. The van der Waals surface area contributed by atoms with Gasteiger partial charge in [0.25, 0.3) is 0 Å². The highest BCUT2D eigenvalue weighted by molar-refractivity contribution is 8.00. The van der Waals surface area contributed by atoms with Crippen LogP contribution in [0.4, 0.5) is 0 Å². The summed E-state index contributed by atoms with van der Waals surface area (Å²) in [4.78, 5) is 13.6. The van der Waals surface area contributed by atoms with Crippen molar-refractivity contribution in [2.45, 2.75) is 24.5 Å². The van der Waals surface area contributed by atoms with E-state index in [0.29, 0.717) is 11.8 Å². The SMILES string of the molecule is CC(SCC1CN(C)CCC1c1ccc(Cl)cc1)C(N)=O. The molecular formula is C16H23ClN2OS. The van der Waals surface area contributed by atoms with Crippen LogP contribution < -0.4 is 5.73 Å². The molecule has 0 bridgehead atoms. The molecule has 21 heavy (non-hydrogen) atoms. The van der Waals surface area contributed by atoms with E-state index in [0.717, 1.165) is 30.3 Å². The van der Waals surface area contributed by atoms with Crippen molar-refractivity contribution in [3.63, 3.8) is 0 Å². The lowest BCUT2D eigenvalue weighted by Gasteiger charge is -2.37. The van der Waals surface area contributed by atoms with Crippen LogP contribution in [0.1, 0.15) is 24.8 Å². The van der Waals surface area contributed by atoms with Crippen LogP contribution in [0.2, 0.25) is 5.02 Å². The molecule has 0 aliphatic carbocycles. The van der Waals surface area contributed by atoms with Gasteiger partial charge in [0, 0.05) is 11.6 Å². The summed E-state index contributed by atoms with van der Waals surface area (Å²) < 4.78 is 0. The van der Waals surface area contributed by atoms with E-state index in [1.165, 1.54) is 5.56 Å². The first-order valence-electron chi connectivity index (χ1n) is 7.32. The molecule has 1 heterocycles. The third-order valence-electron chi connectivity index (χ3n) is 4.20. The molecule has 1 aliphatic heterocycles. The number of carbonyl (C=O) groups excluding carboxylic acids is 1. The van der Waals surface area contributed by atoms with E-state index in [9.17, 15) is 4.79 Å². The van der Waals surface area contributed by atoms with Gasteiger partial charge in [0.15, 0.2) is 0 Å². The van der Waals surface area contributed by atoms with E-state index in [4.69, 9.17) is 17.3 Å². The number of benzene rings is 1. The number of piperidine rings is 1. The molecular weight excluding hydrogens is 304 g/mol. The number of hydrogen-bond donors (Lipinski definition) is 1. The molecule has 1 fully saturated rings. The van der Waals surface area contributed by atoms with E-state index in [2.05, 4.69) is 24.1 Å². The maximum absolute atomic E-state index is 11.2. The van der Waals surface area contributed by atoms with Crippen LogP contribution in [0.3, 0.4) is 0 Å². The van der Waals surface area contributed by atoms with Gasteiger partial charge in [-0.05, 0) is 62.2 Å². The summed E-state index contributed by atoms with van der Waals surface area (Å²) in [6, 6.07) is 8.19. The average Bonchev–Trinajstić information content (AvgIpc) is 2.46. The highest BCUT2D eigenvalue weighted by Crippen LogP contribution is 2.35. The fraction of sp³-hybridized carbons (Fsp3) is 0.562. The van der Waals surface area contributed by atoms with E-state index < -0.39 is 0 Å². The van der Waals surface area contributed by atoms with Gasteiger partial charge in [-0.25, -0.2) is 0 Å². The fourth-order valence-corrected chi connectivity index (χ4v) is 4.05. The van der Waals surface area contributed by atoms with Crippen molar-refractivity contribution >= 4 is 29.3 Å². The minimum atomic E-state index is -0.229. The number of carbonyl (C=O) groups is 1. The Hall–Kier alpha value is -0.710. The number of primary amides is 1. The van der Waals surface area contributed by atoms with E-state index >= 15 is 0 Å². The second-order valence-corrected chi connectivity index (χ2v) is 7.66. The largest absolute Gasteiger partial charge is 0.369 e. The molecule has 0 aromatic heterocycles. The summed E-state index contributed by atoms with van der Waals surface area (Å²) in [5, 5.41) is 0.656. The van der Waals surface area contributed by atoms with E-state index in [1.807, 2.05) is 19.1 Å². The van der Waals surface area contributed by atoms with Crippen LogP contribution in [0, 0.1) is 5.92 Å². The number of halogens is 1. The maximum Gasteiger partial charge on any atom is 0.230 e. The van der Waals surface area contributed by atoms with Crippen molar-refractivity contribution in [1.82, 2.24) is 4.90 Å².